The fraction of sp³-hybridized carbons (Fsp3) is 0.533. The number of aliphatic carboxylic acids is 1. The molecule has 0 spiro atoms. The number of carboxylic acid groups (broad SMARTS) is 1. The predicted molar refractivity (Wildman–Crippen MR) is 77.2 cm³/mol. The third-order valence-electron chi connectivity index (χ3n) is 4.55. The Bertz CT molecular complexity index is 578. The molecule has 1 aromatic heterocycles. The summed E-state index contributed by atoms with van der Waals surface area (Å²) in [5.41, 5.74) is 0.222. The van der Waals surface area contributed by atoms with Crippen molar-refractivity contribution in [2.45, 2.75) is 44.2 Å². The molecule has 1 saturated carbocycles. The summed E-state index contributed by atoms with van der Waals surface area (Å²) in [4.78, 5) is 29.8. The fourth-order valence-electron chi connectivity index (χ4n) is 3.63. The second kappa shape index (κ2) is 5.64. The molecule has 0 aromatic carbocycles. The lowest BCUT2D eigenvalue weighted by Gasteiger charge is -2.32. The first kappa shape index (κ1) is 14.3. The molecule has 1 N–H and O–H groups in total. The smallest absolute Gasteiger partial charge is 0.326 e. The van der Waals surface area contributed by atoms with Crippen LogP contribution in [-0.4, -0.2) is 39.0 Å². The molecular formula is C15H17ClN2O3. The molecule has 21 heavy (non-hydrogen) atoms. The van der Waals surface area contributed by atoms with Gasteiger partial charge in [0.1, 0.15) is 11.7 Å². The highest BCUT2D eigenvalue weighted by molar-refractivity contribution is 6.30. The van der Waals surface area contributed by atoms with Gasteiger partial charge in [-0.05, 0) is 37.3 Å². The van der Waals surface area contributed by atoms with Crippen molar-refractivity contribution in [1.29, 1.82) is 0 Å². The molecule has 6 heteroatoms. The van der Waals surface area contributed by atoms with Crippen molar-refractivity contribution in [2.75, 3.05) is 0 Å². The predicted octanol–water partition coefficient (Wildman–Crippen LogP) is 2.59. The molecule has 5 nitrogen and oxygen atoms in total. The summed E-state index contributed by atoms with van der Waals surface area (Å²) < 4.78 is 0. The standard InChI is InChI=1S/C15H17ClN2O3/c16-10-5-6-17-11(8-10)14(19)18-12-4-2-1-3-9(12)7-13(18)15(20)21/h5-6,8-9,12-13H,1-4,7H2,(H,20,21). The first-order chi connectivity index (χ1) is 10.1. The van der Waals surface area contributed by atoms with E-state index in [0.29, 0.717) is 17.4 Å². The van der Waals surface area contributed by atoms with Gasteiger partial charge in [0, 0.05) is 17.3 Å². The van der Waals surface area contributed by atoms with E-state index < -0.39 is 12.0 Å². The minimum Gasteiger partial charge on any atom is -0.480 e. The summed E-state index contributed by atoms with van der Waals surface area (Å²) in [6, 6.07) is 2.37. The zero-order chi connectivity index (χ0) is 15.0. The Morgan fingerprint density at radius 1 is 1.33 bits per heavy atom. The van der Waals surface area contributed by atoms with Crippen molar-refractivity contribution >= 4 is 23.5 Å². The third-order valence-corrected chi connectivity index (χ3v) is 4.78. The van der Waals surface area contributed by atoms with Crippen molar-refractivity contribution in [3.8, 4) is 0 Å². The molecule has 1 saturated heterocycles. The quantitative estimate of drug-likeness (QED) is 0.911. The third kappa shape index (κ3) is 2.62. The highest BCUT2D eigenvalue weighted by Crippen LogP contribution is 2.40. The van der Waals surface area contributed by atoms with Gasteiger partial charge in [-0.15, -0.1) is 0 Å². The highest BCUT2D eigenvalue weighted by atomic mass is 35.5. The number of pyridine rings is 1. The molecule has 2 heterocycles. The monoisotopic (exact) mass is 308 g/mol. The van der Waals surface area contributed by atoms with Crippen LogP contribution in [0.1, 0.15) is 42.6 Å². The van der Waals surface area contributed by atoms with Crippen LogP contribution < -0.4 is 0 Å². The summed E-state index contributed by atoms with van der Waals surface area (Å²) in [5, 5.41) is 9.87. The molecule has 1 aromatic rings. The molecule has 3 rings (SSSR count). The number of fused-ring (bicyclic) bond motifs is 1. The van der Waals surface area contributed by atoms with Gasteiger partial charge in [-0.2, -0.15) is 0 Å². The Morgan fingerprint density at radius 2 is 2.10 bits per heavy atom. The van der Waals surface area contributed by atoms with Crippen molar-refractivity contribution < 1.29 is 14.7 Å². The van der Waals surface area contributed by atoms with Gasteiger partial charge in [-0.1, -0.05) is 24.4 Å². The number of amides is 1. The van der Waals surface area contributed by atoms with Crippen LogP contribution in [0, 0.1) is 5.92 Å². The largest absolute Gasteiger partial charge is 0.480 e. The van der Waals surface area contributed by atoms with E-state index in [1.54, 1.807) is 6.07 Å². The normalized spacial score (nSPS) is 28.2. The number of carboxylic acids is 1. The molecule has 2 fully saturated rings. The molecule has 1 amide bonds. The Morgan fingerprint density at radius 3 is 2.81 bits per heavy atom. The molecule has 3 unspecified atom stereocenters. The minimum atomic E-state index is -0.931. The number of nitrogens with zero attached hydrogens (tertiary/aromatic N) is 2. The molecule has 2 aliphatic rings. The first-order valence-corrected chi connectivity index (χ1v) is 7.62. The van der Waals surface area contributed by atoms with Gasteiger partial charge in [0.15, 0.2) is 0 Å². The average Bonchev–Trinajstić information content (AvgIpc) is 2.86. The number of carbonyl (C=O) groups excluding carboxylic acids is 1. The molecule has 1 aliphatic carbocycles. The van der Waals surface area contributed by atoms with Gasteiger partial charge >= 0.3 is 5.97 Å². The molecule has 112 valence electrons. The second-order valence-electron chi connectivity index (χ2n) is 5.77. The van der Waals surface area contributed by atoms with Crippen LogP contribution in [-0.2, 0) is 4.79 Å². The summed E-state index contributed by atoms with van der Waals surface area (Å²) >= 11 is 5.90. The Balaban J connectivity index is 1.92. The lowest BCUT2D eigenvalue weighted by molar-refractivity contribution is -0.141. The molecule has 0 radical (unpaired) electrons. The van der Waals surface area contributed by atoms with Gasteiger partial charge in [0.25, 0.3) is 5.91 Å². The molecule has 3 atom stereocenters. The zero-order valence-electron chi connectivity index (χ0n) is 11.5. The summed E-state index contributed by atoms with van der Waals surface area (Å²) in [5.74, 6) is -0.956. The summed E-state index contributed by atoms with van der Waals surface area (Å²) in [6.07, 6.45) is 6.05. The molecule has 0 bridgehead atoms. The van der Waals surface area contributed by atoms with E-state index in [1.165, 1.54) is 17.2 Å². The van der Waals surface area contributed by atoms with E-state index >= 15 is 0 Å². The SMILES string of the molecule is O=C(O)C1CC2CCCCC2N1C(=O)c1cc(Cl)ccn1. The van der Waals surface area contributed by atoms with E-state index in [9.17, 15) is 14.7 Å². The van der Waals surface area contributed by atoms with Gasteiger partial charge in [0.05, 0.1) is 0 Å². The number of likely N-dealkylation sites (tertiary alicyclic amines) is 1. The van der Waals surface area contributed by atoms with Crippen LogP contribution in [0.2, 0.25) is 5.02 Å². The number of rotatable bonds is 2. The maximum Gasteiger partial charge on any atom is 0.326 e. The number of hydrogen-bond donors (Lipinski definition) is 1. The van der Waals surface area contributed by atoms with Gasteiger partial charge in [0.2, 0.25) is 0 Å². The van der Waals surface area contributed by atoms with Gasteiger partial charge in [-0.3, -0.25) is 9.78 Å². The number of hydrogen-bond acceptors (Lipinski definition) is 3. The van der Waals surface area contributed by atoms with E-state index in [-0.39, 0.29) is 17.6 Å². The van der Waals surface area contributed by atoms with E-state index in [4.69, 9.17) is 11.6 Å². The topological polar surface area (TPSA) is 70.5 Å². The average molecular weight is 309 g/mol. The maximum absolute atomic E-state index is 12.7. The first-order valence-electron chi connectivity index (χ1n) is 7.25. The van der Waals surface area contributed by atoms with Crippen LogP contribution >= 0.6 is 11.6 Å². The highest BCUT2D eigenvalue weighted by Gasteiger charge is 2.47. The van der Waals surface area contributed by atoms with Crippen LogP contribution in [0.3, 0.4) is 0 Å². The van der Waals surface area contributed by atoms with E-state index in [0.717, 1.165) is 25.7 Å². The number of aromatic nitrogens is 1. The van der Waals surface area contributed by atoms with Crippen molar-refractivity contribution in [3.63, 3.8) is 0 Å². The van der Waals surface area contributed by atoms with Crippen molar-refractivity contribution in [2.24, 2.45) is 5.92 Å². The Labute approximate surface area is 127 Å². The summed E-state index contributed by atoms with van der Waals surface area (Å²) in [7, 11) is 0. The lowest BCUT2D eigenvalue weighted by atomic mass is 9.84. The Hall–Kier alpha value is -1.62. The van der Waals surface area contributed by atoms with Gasteiger partial charge in [-0.25, -0.2) is 4.79 Å². The van der Waals surface area contributed by atoms with Crippen LogP contribution in [0.5, 0.6) is 0 Å². The number of halogens is 1. The van der Waals surface area contributed by atoms with Crippen molar-refractivity contribution in [1.82, 2.24) is 9.88 Å². The fourth-order valence-corrected chi connectivity index (χ4v) is 3.79. The van der Waals surface area contributed by atoms with Crippen LogP contribution in [0.15, 0.2) is 18.3 Å². The van der Waals surface area contributed by atoms with Gasteiger partial charge < -0.3 is 10.0 Å². The molecule has 1 aliphatic heterocycles. The second-order valence-corrected chi connectivity index (χ2v) is 6.21. The van der Waals surface area contributed by atoms with Crippen LogP contribution in [0.25, 0.3) is 0 Å². The zero-order valence-corrected chi connectivity index (χ0v) is 12.3. The Kier molecular flexibility index (Phi) is 3.85. The van der Waals surface area contributed by atoms with Crippen LogP contribution in [0.4, 0.5) is 0 Å². The van der Waals surface area contributed by atoms with E-state index in [2.05, 4.69) is 4.98 Å². The maximum atomic E-state index is 12.7. The summed E-state index contributed by atoms with van der Waals surface area (Å²) in [6.45, 7) is 0. The van der Waals surface area contributed by atoms with Crippen molar-refractivity contribution in [3.05, 3.63) is 29.0 Å². The number of carbonyl (C=O) groups is 2. The lowest BCUT2D eigenvalue weighted by Crippen LogP contribution is -2.46. The minimum absolute atomic E-state index is 0.0214. The molecular weight excluding hydrogens is 292 g/mol. The van der Waals surface area contributed by atoms with E-state index in [1.807, 2.05) is 0 Å².